The van der Waals surface area contributed by atoms with Crippen LogP contribution in [0, 0.1) is 5.88 Å². The highest BCUT2D eigenvalue weighted by molar-refractivity contribution is 6.25. The first-order valence-corrected chi connectivity index (χ1v) is 3.25. The summed E-state index contributed by atoms with van der Waals surface area (Å²) in [4.78, 5) is 0. The predicted molar refractivity (Wildman–Crippen MR) is 41.2 cm³/mol. The van der Waals surface area contributed by atoms with E-state index in [1.807, 2.05) is 24.3 Å². The molecule has 0 amide bonds. The third kappa shape index (κ3) is 1.64. The van der Waals surface area contributed by atoms with Crippen LogP contribution in [0.3, 0.4) is 0 Å². The third-order valence-corrected chi connectivity index (χ3v) is 1.42. The van der Waals surface area contributed by atoms with E-state index in [-0.39, 0.29) is 0 Å². The van der Waals surface area contributed by atoms with E-state index in [0.29, 0.717) is 0 Å². The Hall–Kier alpha value is -0.690. The van der Waals surface area contributed by atoms with Crippen molar-refractivity contribution in [2.75, 3.05) is 7.11 Å². The van der Waals surface area contributed by atoms with E-state index in [1.165, 1.54) is 0 Å². The molecule has 0 fully saturated rings. The van der Waals surface area contributed by atoms with Gasteiger partial charge in [-0.2, -0.15) is 0 Å². The van der Waals surface area contributed by atoms with E-state index in [2.05, 4.69) is 5.88 Å². The molecule has 1 rings (SSSR count). The summed E-state index contributed by atoms with van der Waals surface area (Å²) < 4.78 is 4.94. The summed E-state index contributed by atoms with van der Waals surface area (Å²) in [7, 11) is 1.63. The molecule has 1 aromatic rings. The number of hydrogen-bond donors (Lipinski definition) is 0. The number of benzene rings is 1. The monoisotopic (exact) mass is 154 g/mol. The minimum absolute atomic E-state index is 0.829. The molecule has 2 heteroatoms. The first-order valence-electron chi connectivity index (χ1n) is 2.87. The van der Waals surface area contributed by atoms with Crippen LogP contribution in [-0.2, 0) is 0 Å². The van der Waals surface area contributed by atoms with Gasteiger partial charge in [0.1, 0.15) is 11.6 Å². The number of methoxy groups -OCH3 is 1. The number of rotatable bonds is 2. The van der Waals surface area contributed by atoms with E-state index < -0.39 is 0 Å². The summed E-state index contributed by atoms with van der Waals surface area (Å²) in [5, 5.41) is 0. The van der Waals surface area contributed by atoms with Gasteiger partial charge in [-0.25, -0.2) is 0 Å². The van der Waals surface area contributed by atoms with Crippen LogP contribution in [0.5, 0.6) is 5.75 Å². The summed E-state index contributed by atoms with van der Waals surface area (Å²) >= 11 is 5.33. The molecule has 0 aliphatic heterocycles. The smallest absolute Gasteiger partial charge is 0.120 e. The van der Waals surface area contributed by atoms with Gasteiger partial charge >= 0.3 is 0 Å². The molecule has 0 aromatic heterocycles. The fraction of sp³-hybridized carbons (Fsp3) is 0.125. The van der Waals surface area contributed by atoms with Gasteiger partial charge in [0.15, 0.2) is 0 Å². The van der Waals surface area contributed by atoms with Crippen LogP contribution in [0.15, 0.2) is 24.3 Å². The lowest BCUT2D eigenvalue weighted by atomic mass is 10.2. The molecule has 0 saturated carbocycles. The Labute approximate surface area is 65.6 Å². The van der Waals surface area contributed by atoms with Gasteiger partial charge in [-0.05, 0) is 17.7 Å². The van der Waals surface area contributed by atoms with Crippen LogP contribution >= 0.6 is 11.6 Å². The molecule has 0 aliphatic rings. The van der Waals surface area contributed by atoms with Gasteiger partial charge in [0.25, 0.3) is 0 Å². The number of ether oxygens (including phenoxy) is 1. The Morgan fingerprint density at radius 1 is 1.30 bits per heavy atom. The second-order valence-electron chi connectivity index (χ2n) is 1.82. The Kier molecular flexibility index (Phi) is 2.57. The molecule has 10 heavy (non-hydrogen) atoms. The van der Waals surface area contributed by atoms with Crippen LogP contribution in [-0.4, -0.2) is 7.11 Å². The molecule has 0 unspecified atom stereocenters. The van der Waals surface area contributed by atoms with E-state index in [0.717, 1.165) is 11.3 Å². The summed E-state index contributed by atoms with van der Waals surface area (Å²) in [6.45, 7) is 0. The maximum atomic E-state index is 5.33. The molecule has 1 aromatic carbocycles. The fourth-order valence-corrected chi connectivity index (χ4v) is 0.780. The maximum Gasteiger partial charge on any atom is 0.120 e. The normalized spacial score (nSPS) is 9.40. The Morgan fingerprint density at radius 2 is 1.90 bits per heavy atom. The molecule has 2 radical (unpaired) electrons. The molecule has 1 nitrogen and oxygen atoms in total. The van der Waals surface area contributed by atoms with Gasteiger partial charge in [0.2, 0.25) is 0 Å². The Morgan fingerprint density at radius 3 is 2.30 bits per heavy atom. The second kappa shape index (κ2) is 3.47. The minimum Gasteiger partial charge on any atom is -0.497 e. The summed E-state index contributed by atoms with van der Waals surface area (Å²) in [6.07, 6.45) is 0. The molecule has 0 aliphatic carbocycles. The van der Waals surface area contributed by atoms with Crippen molar-refractivity contribution in [3.05, 3.63) is 35.7 Å². The second-order valence-corrected chi connectivity index (χ2v) is 2.01. The van der Waals surface area contributed by atoms with Crippen molar-refractivity contribution >= 4 is 11.6 Å². The highest BCUT2D eigenvalue weighted by atomic mass is 35.5. The highest BCUT2D eigenvalue weighted by Gasteiger charge is 1.91. The average Bonchev–Trinajstić information content (AvgIpc) is 2.05. The molecule has 0 bridgehead atoms. The van der Waals surface area contributed by atoms with Crippen molar-refractivity contribution in [1.82, 2.24) is 0 Å². The lowest BCUT2D eigenvalue weighted by molar-refractivity contribution is 0.415. The summed E-state index contributed by atoms with van der Waals surface area (Å²) in [5.74, 6) is 3.32. The molecule has 0 spiro atoms. The number of hydrogen-bond acceptors (Lipinski definition) is 1. The van der Waals surface area contributed by atoms with E-state index in [1.54, 1.807) is 7.11 Å². The molecule has 0 saturated heterocycles. The van der Waals surface area contributed by atoms with Crippen molar-refractivity contribution in [2.45, 2.75) is 0 Å². The van der Waals surface area contributed by atoms with Crippen LogP contribution in [0.25, 0.3) is 0 Å². The van der Waals surface area contributed by atoms with Gasteiger partial charge in [0.05, 0.1) is 7.11 Å². The van der Waals surface area contributed by atoms with Gasteiger partial charge in [-0.3, -0.25) is 0 Å². The van der Waals surface area contributed by atoms with Gasteiger partial charge in [0, 0.05) is 0 Å². The van der Waals surface area contributed by atoms with Gasteiger partial charge < -0.3 is 4.74 Å². The SMILES string of the molecule is COc1ccc([C]Cl)cc1. The largest absolute Gasteiger partial charge is 0.497 e. The fourth-order valence-electron chi connectivity index (χ4n) is 0.654. The molecular weight excluding hydrogens is 148 g/mol. The molecule has 52 valence electrons. The molecular formula is C8H7ClO. The van der Waals surface area contributed by atoms with Crippen LogP contribution in [0.1, 0.15) is 5.56 Å². The zero-order chi connectivity index (χ0) is 7.40. The lowest BCUT2D eigenvalue weighted by Crippen LogP contribution is -1.81. The van der Waals surface area contributed by atoms with E-state index in [9.17, 15) is 0 Å². The quantitative estimate of drug-likeness (QED) is 0.635. The summed E-state index contributed by atoms with van der Waals surface area (Å²) in [6, 6.07) is 7.35. The van der Waals surface area contributed by atoms with Crippen LogP contribution < -0.4 is 4.74 Å². The highest BCUT2D eigenvalue weighted by Crippen LogP contribution is 2.13. The first kappa shape index (κ1) is 7.42. The van der Waals surface area contributed by atoms with Gasteiger partial charge in [-0.1, -0.05) is 12.1 Å². The first-order chi connectivity index (χ1) is 4.86. The molecule has 0 N–H and O–H groups in total. The van der Waals surface area contributed by atoms with Crippen molar-refractivity contribution < 1.29 is 4.74 Å². The Balaban J connectivity index is 2.80. The van der Waals surface area contributed by atoms with Crippen molar-refractivity contribution in [2.24, 2.45) is 0 Å². The van der Waals surface area contributed by atoms with Crippen LogP contribution in [0.2, 0.25) is 0 Å². The van der Waals surface area contributed by atoms with E-state index in [4.69, 9.17) is 16.3 Å². The topological polar surface area (TPSA) is 9.23 Å². The lowest BCUT2D eigenvalue weighted by Gasteiger charge is -1.98. The zero-order valence-corrected chi connectivity index (χ0v) is 6.35. The Bertz CT molecular complexity index is 170. The maximum absolute atomic E-state index is 5.33. The molecule has 0 heterocycles. The van der Waals surface area contributed by atoms with Crippen molar-refractivity contribution in [3.63, 3.8) is 0 Å². The predicted octanol–water partition coefficient (Wildman–Crippen LogP) is 2.32. The number of halogens is 1. The molecule has 0 atom stereocenters. The third-order valence-electron chi connectivity index (χ3n) is 1.20. The van der Waals surface area contributed by atoms with Crippen molar-refractivity contribution in [1.29, 1.82) is 0 Å². The van der Waals surface area contributed by atoms with Crippen LogP contribution in [0.4, 0.5) is 0 Å². The zero-order valence-electron chi connectivity index (χ0n) is 5.60. The summed E-state index contributed by atoms with van der Waals surface area (Å²) in [5.41, 5.74) is 0.863. The van der Waals surface area contributed by atoms with E-state index >= 15 is 0 Å². The minimum atomic E-state index is 0.829. The average molecular weight is 155 g/mol. The van der Waals surface area contributed by atoms with Crippen molar-refractivity contribution in [3.8, 4) is 5.75 Å². The standard InChI is InChI=1S/C8H7ClO/c1-10-8-4-2-7(6-9)3-5-8/h2-5H,1H3. The van der Waals surface area contributed by atoms with Gasteiger partial charge in [-0.15, -0.1) is 11.6 Å².